The van der Waals surface area contributed by atoms with Crippen molar-refractivity contribution in [2.75, 3.05) is 43.9 Å². The molecule has 3 atom stereocenters. The van der Waals surface area contributed by atoms with Gasteiger partial charge >= 0.3 is 0 Å². The number of anilines is 2. The second-order valence-corrected chi connectivity index (χ2v) is 15.1. The van der Waals surface area contributed by atoms with Gasteiger partial charge in [0.05, 0.1) is 40.8 Å². The highest BCUT2D eigenvalue weighted by atomic mass is 32.1. The van der Waals surface area contributed by atoms with Gasteiger partial charge in [0.25, 0.3) is 0 Å². The van der Waals surface area contributed by atoms with Gasteiger partial charge in [0, 0.05) is 29.6 Å². The van der Waals surface area contributed by atoms with Gasteiger partial charge in [-0.2, -0.15) is 10.4 Å². The minimum absolute atomic E-state index is 0.0511. The van der Waals surface area contributed by atoms with Crippen molar-refractivity contribution < 1.29 is 9.26 Å². The lowest BCUT2D eigenvalue weighted by atomic mass is 9.63. The molecule has 9 rings (SSSR count). The minimum atomic E-state index is -0.384. The monoisotopic (exact) mass is 625 g/mol. The van der Waals surface area contributed by atoms with Crippen molar-refractivity contribution in [3.8, 4) is 17.6 Å². The number of ether oxygens (including phenoxy) is 1. The molecule has 0 aromatic carbocycles. The maximum Gasteiger partial charge on any atom is 0.186 e. The fourth-order valence-electron chi connectivity index (χ4n) is 8.95. The first-order valence-corrected chi connectivity index (χ1v) is 17.4. The number of nitrogen functional groups attached to an aromatic ring is 1. The standard InChI is InChI=1S/C33H39N9O2S/c1-19(23-7-5-13-40(23)2)42-31-22(17-36-42)30(41-14-15-43-32(18-41)11-12-32)37-29(38-31)26-20-6-3-9-33(27(20)44-39-26)10-4-8-24-25(33)21(16-34)28(35)45-24/h17,19,23H,3-15,18,35H2,1-2H3. The van der Waals surface area contributed by atoms with Crippen molar-refractivity contribution in [2.24, 2.45) is 0 Å². The summed E-state index contributed by atoms with van der Waals surface area (Å²) in [7, 11) is 2.21. The summed E-state index contributed by atoms with van der Waals surface area (Å²) in [5.41, 5.74) is 10.3. The number of morpholine rings is 1. The average molecular weight is 626 g/mol. The average Bonchev–Trinajstić information content (AvgIpc) is 3.49. The molecule has 45 heavy (non-hydrogen) atoms. The predicted molar refractivity (Wildman–Crippen MR) is 171 cm³/mol. The van der Waals surface area contributed by atoms with Crippen LogP contribution in [0.1, 0.15) is 91.7 Å². The van der Waals surface area contributed by atoms with Gasteiger partial charge in [0.1, 0.15) is 16.9 Å². The largest absolute Gasteiger partial charge is 0.389 e. The van der Waals surface area contributed by atoms with Gasteiger partial charge in [-0.05, 0) is 90.3 Å². The summed E-state index contributed by atoms with van der Waals surface area (Å²) in [5.74, 6) is 2.37. The van der Waals surface area contributed by atoms with Gasteiger partial charge in [0.15, 0.2) is 22.9 Å². The van der Waals surface area contributed by atoms with E-state index in [4.69, 9.17) is 35.2 Å². The molecule has 0 bridgehead atoms. The third-order valence-electron chi connectivity index (χ3n) is 11.4. The van der Waals surface area contributed by atoms with E-state index in [2.05, 4.69) is 34.5 Å². The maximum atomic E-state index is 10.1. The molecule has 11 nitrogen and oxygen atoms in total. The van der Waals surface area contributed by atoms with Crippen molar-refractivity contribution in [3.63, 3.8) is 0 Å². The highest BCUT2D eigenvalue weighted by molar-refractivity contribution is 7.16. The van der Waals surface area contributed by atoms with Crippen LogP contribution in [0.15, 0.2) is 10.7 Å². The number of nitriles is 1. The summed E-state index contributed by atoms with van der Waals surface area (Å²) in [6, 6.07) is 2.99. The molecule has 3 fully saturated rings. The van der Waals surface area contributed by atoms with E-state index < -0.39 is 0 Å². The molecule has 3 aliphatic carbocycles. The zero-order valence-corrected chi connectivity index (χ0v) is 26.8. The summed E-state index contributed by atoms with van der Waals surface area (Å²) in [6.07, 6.45) is 12.1. The number of nitrogens with zero attached hydrogens (tertiary/aromatic N) is 8. The molecular weight excluding hydrogens is 586 g/mol. The topological polar surface area (TPSA) is 135 Å². The normalized spacial score (nSPS) is 26.3. The van der Waals surface area contributed by atoms with Crippen LogP contribution in [0.5, 0.6) is 0 Å². The highest BCUT2D eigenvalue weighted by Crippen LogP contribution is 2.55. The smallest absolute Gasteiger partial charge is 0.186 e. The van der Waals surface area contributed by atoms with Crippen LogP contribution in [0.4, 0.5) is 10.8 Å². The van der Waals surface area contributed by atoms with Gasteiger partial charge in [-0.15, -0.1) is 11.3 Å². The number of thiophene rings is 1. The number of hydrogen-bond donors (Lipinski definition) is 1. The number of aryl methyl sites for hydroxylation is 1. The van der Waals surface area contributed by atoms with Gasteiger partial charge in [-0.1, -0.05) is 5.16 Å². The Morgan fingerprint density at radius 1 is 1.13 bits per heavy atom. The Labute approximate surface area is 266 Å². The quantitative estimate of drug-likeness (QED) is 0.331. The zero-order valence-electron chi connectivity index (χ0n) is 26.0. The zero-order chi connectivity index (χ0) is 30.5. The van der Waals surface area contributed by atoms with E-state index in [1.165, 1.54) is 11.3 Å². The van der Waals surface area contributed by atoms with Gasteiger partial charge < -0.3 is 24.8 Å². The lowest BCUT2D eigenvalue weighted by molar-refractivity contribution is 0.0204. The van der Waals surface area contributed by atoms with Crippen LogP contribution in [0.2, 0.25) is 0 Å². The molecule has 6 heterocycles. The number of likely N-dealkylation sites (N-methyl/N-ethyl adjacent to an activating group) is 1. The molecule has 1 saturated carbocycles. The lowest BCUT2D eigenvalue weighted by Gasteiger charge is -2.39. The molecule has 0 amide bonds. The number of aromatic nitrogens is 5. The SMILES string of the molecule is CC(C1CCCN1C)n1ncc2c(N3CCOC4(CC4)C3)nc(-c3noc4c3CCCC43CCCc4sc(N)c(C#N)c43)nc21. The molecule has 4 aromatic heterocycles. The van der Waals surface area contributed by atoms with Crippen LogP contribution in [0.3, 0.4) is 0 Å². The number of fused-ring (bicyclic) bond motifs is 5. The lowest BCUT2D eigenvalue weighted by Crippen LogP contribution is -2.44. The number of likely N-dealkylation sites (tertiary alicyclic amines) is 1. The van der Waals surface area contributed by atoms with Crippen LogP contribution in [0, 0.1) is 11.3 Å². The number of hydrogen-bond acceptors (Lipinski definition) is 11. The summed E-state index contributed by atoms with van der Waals surface area (Å²) >= 11 is 1.57. The molecule has 5 aliphatic rings. The van der Waals surface area contributed by atoms with Crippen molar-refractivity contribution in [1.82, 2.24) is 29.8 Å². The maximum absolute atomic E-state index is 10.1. The molecule has 4 aromatic rings. The fourth-order valence-corrected chi connectivity index (χ4v) is 10.1. The first-order valence-electron chi connectivity index (χ1n) is 16.6. The van der Waals surface area contributed by atoms with Crippen LogP contribution < -0.4 is 10.6 Å². The summed E-state index contributed by atoms with van der Waals surface area (Å²) < 4.78 is 14.7. The van der Waals surface area contributed by atoms with E-state index in [1.54, 1.807) is 11.3 Å². The van der Waals surface area contributed by atoms with Gasteiger partial charge in [-0.25, -0.2) is 14.6 Å². The van der Waals surface area contributed by atoms with E-state index in [0.29, 0.717) is 34.7 Å². The Kier molecular flexibility index (Phi) is 6.16. The second kappa shape index (κ2) is 9.98. The molecule has 12 heteroatoms. The second-order valence-electron chi connectivity index (χ2n) is 14.0. The Morgan fingerprint density at radius 2 is 1.98 bits per heavy atom. The van der Waals surface area contributed by atoms with E-state index >= 15 is 0 Å². The predicted octanol–water partition coefficient (Wildman–Crippen LogP) is 4.98. The van der Waals surface area contributed by atoms with Crippen LogP contribution in [-0.4, -0.2) is 74.7 Å². The van der Waals surface area contributed by atoms with Crippen molar-refractivity contribution in [2.45, 2.75) is 94.2 Å². The van der Waals surface area contributed by atoms with Crippen molar-refractivity contribution >= 4 is 33.2 Å². The highest BCUT2D eigenvalue weighted by Gasteiger charge is 2.50. The molecule has 2 aliphatic heterocycles. The van der Waals surface area contributed by atoms with Crippen LogP contribution >= 0.6 is 11.3 Å². The van der Waals surface area contributed by atoms with Gasteiger partial charge in [0.2, 0.25) is 0 Å². The molecule has 2 spiro atoms. The van der Waals surface area contributed by atoms with Crippen LogP contribution in [-0.2, 0) is 23.0 Å². The third kappa shape index (κ3) is 4.06. The first-order chi connectivity index (χ1) is 21.9. The summed E-state index contributed by atoms with van der Waals surface area (Å²) in [5, 5.41) is 21.4. The number of rotatable bonds is 4. The molecular formula is C33H39N9O2S. The third-order valence-corrected chi connectivity index (χ3v) is 12.5. The molecule has 0 radical (unpaired) electrons. The van der Waals surface area contributed by atoms with E-state index in [1.807, 2.05) is 6.20 Å². The van der Waals surface area contributed by atoms with Crippen molar-refractivity contribution in [1.29, 1.82) is 5.26 Å². The first kappa shape index (κ1) is 27.8. The minimum Gasteiger partial charge on any atom is -0.389 e. The van der Waals surface area contributed by atoms with E-state index in [-0.39, 0.29) is 17.1 Å². The Balaban J connectivity index is 1.20. The van der Waals surface area contributed by atoms with E-state index in [9.17, 15) is 5.26 Å². The molecule has 234 valence electrons. The van der Waals surface area contributed by atoms with Crippen LogP contribution in [0.25, 0.3) is 22.6 Å². The summed E-state index contributed by atoms with van der Waals surface area (Å²) in [4.78, 5) is 16.6. The molecule has 2 saturated heterocycles. The Morgan fingerprint density at radius 3 is 2.76 bits per heavy atom. The Hall–Kier alpha value is -3.53. The molecule has 3 unspecified atom stereocenters. The van der Waals surface area contributed by atoms with Crippen molar-refractivity contribution in [3.05, 3.63) is 33.5 Å². The number of nitrogens with two attached hydrogens (primary N) is 1. The fraction of sp³-hybridized carbons (Fsp3) is 0.606. The van der Waals surface area contributed by atoms with E-state index in [0.717, 1.165) is 111 Å². The molecule has 2 N–H and O–H groups in total. The Bertz CT molecular complexity index is 1860. The van der Waals surface area contributed by atoms with Gasteiger partial charge in [-0.3, -0.25) is 0 Å². The summed E-state index contributed by atoms with van der Waals surface area (Å²) in [6.45, 7) is 5.65.